The molecule has 0 radical (unpaired) electrons. The lowest BCUT2D eigenvalue weighted by Gasteiger charge is -2.24. The highest BCUT2D eigenvalue weighted by Crippen LogP contribution is 2.32. The zero-order valence-corrected chi connectivity index (χ0v) is 11.9. The summed E-state index contributed by atoms with van der Waals surface area (Å²) in [5.74, 6) is 1.74. The molecular weight excluding hydrogens is 238 g/mol. The summed E-state index contributed by atoms with van der Waals surface area (Å²) in [7, 11) is 0. The van der Waals surface area contributed by atoms with Gasteiger partial charge in [-0.25, -0.2) is 0 Å². The standard InChI is InChI=1S/C16H25NO2/c1-2-18-16-12-13(10-11-17)8-9-15(16)19-14-6-4-3-5-7-14/h8-9,12,14H,2-7,10-11,17H2,1H3. The quantitative estimate of drug-likeness (QED) is 0.856. The Labute approximate surface area is 116 Å². The summed E-state index contributed by atoms with van der Waals surface area (Å²) in [6.45, 7) is 3.32. The first kappa shape index (κ1) is 14.2. The topological polar surface area (TPSA) is 44.5 Å². The van der Waals surface area contributed by atoms with E-state index < -0.39 is 0 Å². The lowest BCUT2D eigenvalue weighted by atomic mass is 9.98. The summed E-state index contributed by atoms with van der Waals surface area (Å²) in [5.41, 5.74) is 6.81. The van der Waals surface area contributed by atoms with Gasteiger partial charge in [0.25, 0.3) is 0 Å². The van der Waals surface area contributed by atoms with E-state index in [1.165, 1.54) is 24.8 Å². The van der Waals surface area contributed by atoms with Crippen molar-refractivity contribution in [2.45, 2.75) is 51.6 Å². The smallest absolute Gasteiger partial charge is 0.161 e. The molecule has 2 rings (SSSR count). The van der Waals surface area contributed by atoms with E-state index in [9.17, 15) is 0 Å². The molecule has 1 aromatic rings. The highest BCUT2D eigenvalue weighted by molar-refractivity contribution is 5.43. The van der Waals surface area contributed by atoms with E-state index in [-0.39, 0.29) is 0 Å². The van der Waals surface area contributed by atoms with Crippen molar-refractivity contribution in [3.8, 4) is 11.5 Å². The first-order valence-electron chi connectivity index (χ1n) is 7.46. The van der Waals surface area contributed by atoms with Gasteiger partial charge >= 0.3 is 0 Å². The normalized spacial score (nSPS) is 16.3. The molecule has 1 aliphatic rings. The largest absolute Gasteiger partial charge is 0.490 e. The van der Waals surface area contributed by atoms with Crippen LogP contribution in [0.15, 0.2) is 18.2 Å². The second kappa shape index (κ2) is 7.39. The monoisotopic (exact) mass is 263 g/mol. The molecule has 106 valence electrons. The third-order valence-electron chi connectivity index (χ3n) is 3.59. The van der Waals surface area contributed by atoms with Crippen LogP contribution in [0.4, 0.5) is 0 Å². The van der Waals surface area contributed by atoms with Crippen molar-refractivity contribution in [2.75, 3.05) is 13.2 Å². The van der Waals surface area contributed by atoms with Crippen molar-refractivity contribution < 1.29 is 9.47 Å². The zero-order valence-electron chi connectivity index (χ0n) is 11.9. The summed E-state index contributed by atoms with van der Waals surface area (Å²) in [4.78, 5) is 0. The molecule has 2 N–H and O–H groups in total. The third kappa shape index (κ3) is 4.13. The average Bonchev–Trinajstić information content (AvgIpc) is 2.43. The fourth-order valence-electron chi connectivity index (χ4n) is 2.60. The van der Waals surface area contributed by atoms with Crippen LogP contribution in [0.2, 0.25) is 0 Å². The molecule has 0 atom stereocenters. The van der Waals surface area contributed by atoms with Crippen molar-refractivity contribution in [1.29, 1.82) is 0 Å². The van der Waals surface area contributed by atoms with Gasteiger partial charge in [0.2, 0.25) is 0 Å². The molecule has 3 heteroatoms. The van der Waals surface area contributed by atoms with Gasteiger partial charge in [-0.05, 0) is 63.3 Å². The number of hydrogen-bond donors (Lipinski definition) is 1. The molecule has 1 saturated carbocycles. The van der Waals surface area contributed by atoms with Gasteiger partial charge in [-0.1, -0.05) is 12.5 Å². The Morgan fingerprint density at radius 3 is 2.63 bits per heavy atom. The number of rotatable bonds is 6. The summed E-state index contributed by atoms with van der Waals surface area (Å²) in [6, 6.07) is 6.19. The highest BCUT2D eigenvalue weighted by atomic mass is 16.5. The van der Waals surface area contributed by atoms with Crippen LogP contribution in [-0.2, 0) is 6.42 Å². The minimum atomic E-state index is 0.355. The number of hydrogen-bond acceptors (Lipinski definition) is 3. The van der Waals surface area contributed by atoms with Crippen LogP contribution in [0.5, 0.6) is 11.5 Å². The summed E-state index contributed by atoms with van der Waals surface area (Å²) in [5, 5.41) is 0. The summed E-state index contributed by atoms with van der Waals surface area (Å²) in [6.07, 6.45) is 7.46. The Kier molecular flexibility index (Phi) is 5.52. The van der Waals surface area contributed by atoms with Crippen LogP contribution in [0.25, 0.3) is 0 Å². The van der Waals surface area contributed by atoms with Crippen molar-refractivity contribution >= 4 is 0 Å². The molecule has 0 unspecified atom stereocenters. The van der Waals surface area contributed by atoms with E-state index in [4.69, 9.17) is 15.2 Å². The Morgan fingerprint density at radius 2 is 1.95 bits per heavy atom. The maximum Gasteiger partial charge on any atom is 0.161 e. The fourth-order valence-corrected chi connectivity index (χ4v) is 2.60. The lowest BCUT2D eigenvalue weighted by molar-refractivity contribution is 0.147. The predicted molar refractivity (Wildman–Crippen MR) is 77.9 cm³/mol. The molecule has 1 aliphatic carbocycles. The molecule has 0 aliphatic heterocycles. The van der Waals surface area contributed by atoms with Gasteiger partial charge in [0.1, 0.15) is 0 Å². The molecule has 1 fully saturated rings. The summed E-state index contributed by atoms with van der Waals surface area (Å²) >= 11 is 0. The van der Waals surface area contributed by atoms with E-state index in [1.807, 2.05) is 13.0 Å². The molecule has 19 heavy (non-hydrogen) atoms. The van der Waals surface area contributed by atoms with Crippen LogP contribution in [0.1, 0.15) is 44.6 Å². The molecule has 0 aromatic heterocycles. The minimum absolute atomic E-state index is 0.355. The van der Waals surface area contributed by atoms with Gasteiger partial charge in [0.15, 0.2) is 11.5 Å². The van der Waals surface area contributed by atoms with Crippen molar-refractivity contribution in [3.63, 3.8) is 0 Å². The van der Waals surface area contributed by atoms with E-state index in [0.717, 1.165) is 30.8 Å². The molecule has 0 bridgehead atoms. The van der Waals surface area contributed by atoms with Crippen molar-refractivity contribution in [3.05, 3.63) is 23.8 Å². The van der Waals surface area contributed by atoms with Crippen LogP contribution in [-0.4, -0.2) is 19.3 Å². The maximum absolute atomic E-state index is 6.12. The van der Waals surface area contributed by atoms with E-state index in [1.54, 1.807) is 0 Å². The minimum Gasteiger partial charge on any atom is -0.490 e. The second-order valence-corrected chi connectivity index (χ2v) is 5.13. The molecule has 0 heterocycles. The van der Waals surface area contributed by atoms with Gasteiger partial charge in [-0.15, -0.1) is 0 Å². The van der Waals surface area contributed by atoms with E-state index in [0.29, 0.717) is 19.3 Å². The SMILES string of the molecule is CCOc1cc(CCN)ccc1OC1CCCCC1. The van der Waals surface area contributed by atoms with Gasteiger partial charge in [-0.3, -0.25) is 0 Å². The number of nitrogens with two attached hydrogens (primary N) is 1. The second-order valence-electron chi connectivity index (χ2n) is 5.13. The predicted octanol–water partition coefficient (Wildman–Crippen LogP) is 3.30. The molecular formula is C16H25NO2. The first-order valence-corrected chi connectivity index (χ1v) is 7.46. The molecule has 0 saturated heterocycles. The van der Waals surface area contributed by atoms with Gasteiger partial charge in [0, 0.05) is 0 Å². The fraction of sp³-hybridized carbons (Fsp3) is 0.625. The lowest BCUT2D eigenvalue weighted by Crippen LogP contribution is -2.20. The van der Waals surface area contributed by atoms with Crippen LogP contribution >= 0.6 is 0 Å². The number of ether oxygens (including phenoxy) is 2. The van der Waals surface area contributed by atoms with Gasteiger partial charge in [-0.2, -0.15) is 0 Å². The third-order valence-corrected chi connectivity index (χ3v) is 3.59. The van der Waals surface area contributed by atoms with Gasteiger partial charge < -0.3 is 15.2 Å². The van der Waals surface area contributed by atoms with E-state index in [2.05, 4.69) is 12.1 Å². The van der Waals surface area contributed by atoms with Gasteiger partial charge in [0.05, 0.1) is 12.7 Å². The van der Waals surface area contributed by atoms with Crippen molar-refractivity contribution in [1.82, 2.24) is 0 Å². The Hall–Kier alpha value is -1.22. The zero-order chi connectivity index (χ0) is 13.5. The Morgan fingerprint density at radius 1 is 1.16 bits per heavy atom. The molecule has 0 spiro atoms. The average molecular weight is 263 g/mol. The number of benzene rings is 1. The maximum atomic E-state index is 6.12. The Bertz CT molecular complexity index is 386. The molecule has 1 aromatic carbocycles. The van der Waals surface area contributed by atoms with Crippen LogP contribution < -0.4 is 15.2 Å². The van der Waals surface area contributed by atoms with E-state index >= 15 is 0 Å². The first-order chi connectivity index (χ1) is 9.33. The van der Waals surface area contributed by atoms with Crippen molar-refractivity contribution in [2.24, 2.45) is 5.73 Å². The Balaban J connectivity index is 2.08. The summed E-state index contributed by atoms with van der Waals surface area (Å²) < 4.78 is 11.8. The molecule has 0 amide bonds. The van der Waals surface area contributed by atoms with Crippen LogP contribution in [0, 0.1) is 0 Å². The highest BCUT2D eigenvalue weighted by Gasteiger charge is 2.17. The molecule has 3 nitrogen and oxygen atoms in total. The van der Waals surface area contributed by atoms with Crippen LogP contribution in [0.3, 0.4) is 0 Å².